The van der Waals surface area contributed by atoms with Gasteiger partial charge in [0.1, 0.15) is 17.5 Å². The Bertz CT molecular complexity index is 928. The van der Waals surface area contributed by atoms with Crippen LogP contribution in [0.3, 0.4) is 0 Å². The topological polar surface area (TPSA) is 72.4 Å². The summed E-state index contributed by atoms with van der Waals surface area (Å²) >= 11 is 0. The highest BCUT2D eigenvalue weighted by Gasteiger charge is 2.21. The number of rotatable bonds is 4. The summed E-state index contributed by atoms with van der Waals surface area (Å²) in [6.45, 7) is 0. The molecule has 1 N–H and O–H groups in total. The minimum absolute atomic E-state index is 0.286. The van der Waals surface area contributed by atoms with E-state index in [2.05, 4.69) is 15.3 Å². The lowest BCUT2D eigenvalue weighted by Crippen LogP contribution is -2.29. The number of aromatic nitrogens is 3. The summed E-state index contributed by atoms with van der Waals surface area (Å²) in [6, 6.07) is 14.7. The van der Waals surface area contributed by atoms with Crippen LogP contribution in [-0.4, -0.2) is 20.3 Å². The number of imidazole rings is 1. The van der Waals surface area contributed by atoms with Gasteiger partial charge in [0.2, 0.25) is 5.78 Å². The van der Waals surface area contributed by atoms with Crippen molar-refractivity contribution >= 4 is 11.7 Å². The fourth-order valence-electron chi connectivity index (χ4n) is 2.56. The van der Waals surface area contributed by atoms with Crippen LogP contribution in [0.15, 0.2) is 77.8 Å². The molecule has 1 unspecified atom stereocenters. The van der Waals surface area contributed by atoms with Gasteiger partial charge in [-0.3, -0.25) is 9.20 Å². The number of carbonyl (C=O) groups is 1. The van der Waals surface area contributed by atoms with Crippen molar-refractivity contribution < 1.29 is 9.21 Å². The number of benzene rings is 1. The van der Waals surface area contributed by atoms with Crippen molar-refractivity contribution in [1.82, 2.24) is 19.7 Å². The average Bonchev–Trinajstić information content (AvgIpc) is 3.29. The van der Waals surface area contributed by atoms with Crippen LogP contribution in [0.1, 0.15) is 27.9 Å². The summed E-state index contributed by atoms with van der Waals surface area (Å²) < 4.78 is 7.20. The molecule has 0 fully saturated rings. The van der Waals surface area contributed by atoms with Crippen LogP contribution in [0.25, 0.3) is 5.78 Å². The minimum Gasteiger partial charge on any atom is -0.467 e. The molecule has 0 saturated heterocycles. The lowest BCUT2D eigenvalue weighted by molar-refractivity contribution is 0.0934. The standard InChI is InChI=1S/C18H14N4O2/c23-17(14-12-22-10-5-9-19-18(22)20-14)21-16(15-8-4-11-24-15)13-6-2-1-3-7-13/h1-12,16H,(H,21,23). The van der Waals surface area contributed by atoms with Crippen molar-refractivity contribution in [2.24, 2.45) is 0 Å². The first-order chi connectivity index (χ1) is 11.8. The number of hydrogen-bond acceptors (Lipinski definition) is 4. The Hall–Kier alpha value is -3.41. The smallest absolute Gasteiger partial charge is 0.272 e. The van der Waals surface area contributed by atoms with Crippen LogP contribution in [0.4, 0.5) is 0 Å². The second-order valence-corrected chi connectivity index (χ2v) is 5.29. The third-order valence-corrected chi connectivity index (χ3v) is 3.70. The van der Waals surface area contributed by atoms with Gasteiger partial charge in [-0.25, -0.2) is 9.97 Å². The summed E-state index contributed by atoms with van der Waals surface area (Å²) in [4.78, 5) is 21.0. The maximum Gasteiger partial charge on any atom is 0.272 e. The first-order valence-electron chi connectivity index (χ1n) is 7.50. The Morgan fingerprint density at radius 2 is 2.00 bits per heavy atom. The minimum atomic E-state index is -0.383. The lowest BCUT2D eigenvalue weighted by Gasteiger charge is -2.16. The first kappa shape index (κ1) is 14.2. The largest absolute Gasteiger partial charge is 0.467 e. The van der Waals surface area contributed by atoms with E-state index in [0.717, 1.165) is 5.56 Å². The Morgan fingerprint density at radius 3 is 2.75 bits per heavy atom. The Morgan fingerprint density at radius 1 is 1.12 bits per heavy atom. The molecule has 6 heteroatoms. The fraction of sp³-hybridized carbons (Fsp3) is 0.0556. The molecule has 6 nitrogen and oxygen atoms in total. The summed E-state index contributed by atoms with van der Waals surface area (Å²) in [5, 5.41) is 2.98. The van der Waals surface area contributed by atoms with Crippen molar-refractivity contribution in [3.8, 4) is 0 Å². The molecule has 4 aromatic rings. The van der Waals surface area contributed by atoms with E-state index in [1.165, 1.54) is 0 Å². The van der Waals surface area contributed by atoms with Crippen LogP contribution in [0, 0.1) is 0 Å². The average molecular weight is 318 g/mol. The molecule has 3 heterocycles. The van der Waals surface area contributed by atoms with E-state index in [9.17, 15) is 4.79 Å². The summed E-state index contributed by atoms with van der Waals surface area (Å²) in [5.41, 5.74) is 1.24. The maximum absolute atomic E-state index is 12.6. The number of nitrogens with one attached hydrogen (secondary N) is 1. The van der Waals surface area contributed by atoms with Gasteiger partial charge < -0.3 is 9.73 Å². The molecule has 3 aromatic heterocycles. The van der Waals surface area contributed by atoms with Gasteiger partial charge in [0.05, 0.1) is 6.26 Å². The van der Waals surface area contributed by atoms with Gasteiger partial charge in [0.15, 0.2) is 0 Å². The molecule has 1 amide bonds. The van der Waals surface area contributed by atoms with Crippen molar-refractivity contribution in [1.29, 1.82) is 0 Å². The van der Waals surface area contributed by atoms with E-state index in [-0.39, 0.29) is 11.9 Å². The van der Waals surface area contributed by atoms with Crippen LogP contribution in [0.2, 0.25) is 0 Å². The summed E-state index contributed by atoms with van der Waals surface area (Å²) in [7, 11) is 0. The van der Waals surface area contributed by atoms with Crippen molar-refractivity contribution in [2.45, 2.75) is 6.04 Å². The van der Waals surface area contributed by atoms with Gasteiger partial charge >= 0.3 is 0 Å². The van der Waals surface area contributed by atoms with Gasteiger partial charge in [0.25, 0.3) is 5.91 Å². The van der Waals surface area contributed by atoms with Gasteiger partial charge in [-0.05, 0) is 23.8 Å². The number of fused-ring (bicyclic) bond motifs is 1. The second-order valence-electron chi connectivity index (χ2n) is 5.29. The molecule has 0 radical (unpaired) electrons. The van der Waals surface area contributed by atoms with E-state index < -0.39 is 0 Å². The molecule has 0 aliphatic carbocycles. The molecule has 0 spiro atoms. The molecule has 4 rings (SSSR count). The Balaban J connectivity index is 1.66. The summed E-state index contributed by atoms with van der Waals surface area (Å²) in [5.74, 6) is 0.860. The molecule has 0 bridgehead atoms. The van der Waals surface area contributed by atoms with Gasteiger partial charge in [0, 0.05) is 18.6 Å². The third kappa shape index (κ3) is 2.65. The van der Waals surface area contributed by atoms with Crippen LogP contribution in [0.5, 0.6) is 0 Å². The van der Waals surface area contributed by atoms with E-state index in [1.54, 1.807) is 41.4 Å². The molecule has 0 saturated carbocycles. The predicted molar refractivity (Wildman–Crippen MR) is 87.4 cm³/mol. The summed E-state index contributed by atoms with van der Waals surface area (Å²) in [6.07, 6.45) is 6.68. The number of furan rings is 1. The zero-order valence-electron chi connectivity index (χ0n) is 12.7. The molecule has 24 heavy (non-hydrogen) atoms. The predicted octanol–water partition coefficient (Wildman–Crippen LogP) is 2.84. The van der Waals surface area contributed by atoms with Crippen LogP contribution >= 0.6 is 0 Å². The highest BCUT2D eigenvalue weighted by Crippen LogP contribution is 2.22. The van der Waals surface area contributed by atoms with Crippen LogP contribution in [-0.2, 0) is 0 Å². The quantitative estimate of drug-likeness (QED) is 0.628. The van der Waals surface area contributed by atoms with Gasteiger partial charge in [-0.2, -0.15) is 0 Å². The maximum atomic E-state index is 12.6. The number of amides is 1. The van der Waals surface area contributed by atoms with Gasteiger partial charge in [-0.15, -0.1) is 0 Å². The molecule has 1 atom stereocenters. The SMILES string of the molecule is O=C(NC(c1ccccc1)c1ccco1)c1cn2cccnc2n1. The molecular weight excluding hydrogens is 304 g/mol. The monoisotopic (exact) mass is 318 g/mol. The molecule has 118 valence electrons. The number of hydrogen-bond donors (Lipinski definition) is 1. The zero-order chi connectivity index (χ0) is 16.4. The van der Waals surface area contributed by atoms with E-state index in [0.29, 0.717) is 17.2 Å². The van der Waals surface area contributed by atoms with E-state index in [1.807, 2.05) is 36.4 Å². The second kappa shape index (κ2) is 6.00. The van der Waals surface area contributed by atoms with Crippen molar-refractivity contribution in [3.63, 3.8) is 0 Å². The molecule has 0 aliphatic heterocycles. The zero-order valence-corrected chi connectivity index (χ0v) is 12.7. The van der Waals surface area contributed by atoms with E-state index >= 15 is 0 Å². The fourth-order valence-corrected chi connectivity index (χ4v) is 2.56. The number of carbonyl (C=O) groups excluding carboxylic acids is 1. The first-order valence-corrected chi connectivity index (χ1v) is 7.50. The number of nitrogens with zero attached hydrogens (tertiary/aromatic N) is 3. The van der Waals surface area contributed by atoms with E-state index in [4.69, 9.17) is 4.42 Å². The molecule has 0 aliphatic rings. The molecule has 1 aromatic carbocycles. The van der Waals surface area contributed by atoms with Crippen LogP contribution < -0.4 is 5.32 Å². The van der Waals surface area contributed by atoms with Gasteiger partial charge in [-0.1, -0.05) is 30.3 Å². The Labute approximate surface area is 137 Å². The highest BCUT2D eigenvalue weighted by molar-refractivity contribution is 5.93. The molecular formula is C18H14N4O2. The lowest BCUT2D eigenvalue weighted by atomic mass is 10.0. The Kier molecular flexibility index (Phi) is 3.55. The van der Waals surface area contributed by atoms with Crippen molar-refractivity contribution in [2.75, 3.05) is 0 Å². The van der Waals surface area contributed by atoms with Crippen molar-refractivity contribution in [3.05, 3.63) is 90.4 Å². The third-order valence-electron chi connectivity index (χ3n) is 3.70. The normalized spacial score (nSPS) is 12.2. The highest BCUT2D eigenvalue weighted by atomic mass is 16.3.